The van der Waals surface area contributed by atoms with E-state index in [1.807, 2.05) is 82.3 Å². The van der Waals surface area contributed by atoms with Crippen LogP contribution in [0.5, 0.6) is 0 Å². The number of benzene rings is 3. The summed E-state index contributed by atoms with van der Waals surface area (Å²) >= 11 is 0. The summed E-state index contributed by atoms with van der Waals surface area (Å²) in [6, 6.07) is 20.9. The summed E-state index contributed by atoms with van der Waals surface area (Å²) in [6.45, 7) is 8.23. The van der Waals surface area contributed by atoms with Crippen molar-refractivity contribution >= 4 is 15.7 Å². The van der Waals surface area contributed by atoms with E-state index < -0.39 is 10.0 Å². The zero-order valence-electron chi connectivity index (χ0n) is 16.2. The molecule has 0 saturated heterocycles. The minimum Gasteiger partial charge on any atom is -0.262 e. The molecule has 0 fully saturated rings. The number of rotatable bonds is 5. The van der Waals surface area contributed by atoms with Gasteiger partial charge in [-0.15, -0.1) is 0 Å². The van der Waals surface area contributed by atoms with Crippen LogP contribution in [0.15, 0.2) is 71.6 Å². The fraction of sp³-hybridized carbons (Fsp3) is 0.217. The van der Waals surface area contributed by atoms with Crippen molar-refractivity contribution in [1.82, 2.24) is 0 Å². The van der Waals surface area contributed by atoms with Crippen LogP contribution in [0.1, 0.15) is 27.8 Å². The Labute approximate surface area is 162 Å². The Morgan fingerprint density at radius 3 is 1.78 bits per heavy atom. The monoisotopic (exact) mass is 379 g/mol. The predicted molar refractivity (Wildman–Crippen MR) is 112 cm³/mol. The summed E-state index contributed by atoms with van der Waals surface area (Å²) in [5.41, 5.74) is 5.90. The van der Waals surface area contributed by atoms with Crippen LogP contribution in [0.25, 0.3) is 0 Å². The quantitative estimate of drug-likeness (QED) is 0.602. The zero-order chi connectivity index (χ0) is 19.6. The molecule has 0 unspecified atom stereocenters. The van der Waals surface area contributed by atoms with Gasteiger partial charge in [-0.3, -0.25) is 4.31 Å². The van der Waals surface area contributed by atoms with Gasteiger partial charge in [-0.25, -0.2) is 8.42 Å². The molecule has 0 atom stereocenters. The molecule has 27 heavy (non-hydrogen) atoms. The van der Waals surface area contributed by atoms with Gasteiger partial charge in [0.1, 0.15) is 0 Å². The molecule has 3 nitrogen and oxygen atoms in total. The highest BCUT2D eigenvalue weighted by atomic mass is 32.2. The first kappa shape index (κ1) is 19.2. The number of hydrogen-bond acceptors (Lipinski definition) is 2. The summed E-state index contributed by atoms with van der Waals surface area (Å²) in [5.74, 6) is 0. The maximum Gasteiger partial charge on any atom is 0.264 e. The minimum absolute atomic E-state index is 0.292. The van der Waals surface area contributed by atoms with Crippen LogP contribution >= 0.6 is 0 Å². The molecule has 0 aromatic heterocycles. The predicted octanol–water partition coefficient (Wildman–Crippen LogP) is 5.32. The minimum atomic E-state index is -3.68. The second kappa shape index (κ2) is 7.57. The summed E-state index contributed by atoms with van der Waals surface area (Å²) in [6.07, 6.45) is 0. The van der Waals surface area contributed by atoms with Gasteiger partial charge < -0.3 is 0 Å². The number of anilines is 1. The van der Waals surface area contributed by atoms with Crippen LogP contribution in [0.4, 0.5) is 5.69 Å². The van der Waals surface area contributed by atoms with Crippen molar-refractivity contribution in [3.05, 3.63) is 94.5 Å². The molecule has 0 aliphatic carbocycles. The van der Waals surface area contributed by atoms with Crippen LogP contribution in [0, 0.1) is 27.7 Å². The van der Waals surface area contributed by atoms with Gasteiger partial charge in [-0.2, -0.15) is 0 Å². The molecule has 3 aromatic rings. The molecule has 0 saturated carbocycles. The molecule has 0 bridgehead atoms. The number of nitrogens with zero attached hydrogens (tertiary/aromatic N) is 1. The third kappa shape index (κ3) is 4.22. The highest BCUT2D eigenvalue weighted by Gasteiger charge is 2.26. The van der Waals surface area contributed by atoms with Gasteiger partial charge in [0.15, 0.2) is 0 Å². The largest absolute Gasteiger partial charge is 0.264 e. The van der Waals surface area contributed by atoms with Crippen molar-refractivity contribution in [2.24, 2.45) is 0 Å². The SMILES string of the molecule is Cc1ccc(CN(c2ccc(C)cc2C)S(=O)(=O)c2ccc(C)cc2)cc1. The summed E-state index contributed by atoms with van der Waals surface area (Å²) in [7, 11) is -3.68. The van der Waals surface area contributed by atoms with Crippen LogP contribution in [0.3, 0.4) is 0 Å². The molecule has 3 aromatic carbocycles. The lowest BCUT2D eigenvalue weighted by Gasteiger charge is -2.26. The molecule has 0 spiro atoms. The Bertz CT molecular complexity index is 1040. The number of aryl methyl sites for hydroxylation is 4. The molecule has 4 heteroatoms. The molecule has 140 valence electrons. The van der Waals surface area contributed by atoms with Crippen molar-refractivity contribution in [1.29, 1.82) is 0 Å². The molecule has 0 amide bonds. The third-order valence-corrected chi connectivity index (χ3v) is 6.45. The third-order valence-electron chi connectivity index (χ3n) is 4.68. The van der Waals surface area contributed by atoms with Gasteiger partial charge in [0.2, 0.25) is 0 Å². The molecular formula is C23H25NO2S. The van der Waals surface area contributed by atoms with E-state index in [0.29, 0.717) is 17.1 Å². The van der Waals surface area contributed by atoms with Crippen LogP contribution in [-0.2, 0) is 16.6 Å². The fourth-order valence-electron chi connectivity index (χ4n) is 3.08. The molecule has 0 aliphatic heterocycles. The fourth-order valence-corrected chi connectivity index (χ4v) is 4.60. The highest BCUT2D eigenvalue weighted by Crippen LogP contribution is 2.29. The Kier molecular flexibility index (Phi) is 5.38. The lowest BCUT2D eigenvalue weighted by atomic mass is 10.1. The Hall–Kier alpha value is -2.59. The first-order chi connectivity index (χ1) is 12.8. The maximum atomic E-state index is 13.5. The van der Waals surface area contributed by atoms with E-state index >= 15 is 0 Å². The molecule has 3 rings (SSSR count). The van der Waals surface area contributed by atoms with E-state index in [1.165, 1.54) is 4.31 Å². The maximum absolute atomic E-state index is 13.5. The van der Waals surface area contributed by atoms with Gasteiger partial charge in [-0.05, 0) is 57.0 Å². The molecule has 0 aliphatic rings. The van der Waals surface area contributed by atoms with E-state index in [1.54, 1.807) is 12.1 Å². The van der Waals surface area contributed by atoms with Crippen LogP contribution < -0.4 is 4.31 Å². The van der Waals surface area contributed by atoms with E-state index in [4.69, 9.17) is 0 Å². The lowest BCUT2D eigenvalue weighted by Crippen LogP contribution is -2.31. The number of sulfonamides is 1. The second-order valence-electron chi connectivity index (χ2n) is 7.10. The summed E-state index contributed by atoms with van der Waals surface area (Å²) in [4.78, 5) is 0.306. The average Bonchev–Trinajstić information content (AvgIpc) is 2.62. The van der Waals surface area contributed by atoms with Crippen molar-refractivity contribution in [3.63, 3.8) is 0 Å². The first-order valence-electron chi connectivity index (χ1n) is 8.99. The topological polar surface area (TPSA) is 37.4 Å². The summed E-state index contributed by atoms with van der Waals surface area (Å²) < 4.78 is 28.5. The van der Waals surface area contributed by atoms with Gasteiger partial charge in [-0.1, -0.05) is 65.2 Å². The first-order valence-corrected chi connectivity index (χ1v) is 10.4. The molecule has 0 radical (unpaired) electrons. The summed E-state index contributed by atoms with van der Waals surface area (Å²) in [5, 5.41) is 0. The smallest absolute Gasteiger partial charge is 0.262 e. The Balaban J connectivity index is 2.11. The van der Waals surface area contributed by atoms with Gasteiger partial charge in [0.25, 0.3) is 10.0 Å². The standard InChI is InChI=1S/C23H25NO2S/c1-17-5-10-21(11-6-17)16-24(23-14-9-19(3)15-20(23)4)27(25,26)22-12-7-18(2)8-13-22/h5-15H,16H2,1-4H3. The highest BCUT2D eigenvalue weighted by molar-refractivity contribution is 7.92. The zero-order valence-corrected chi connectivity index (χ0v) is 17.0. The molecular weight excluding hydrogens is 354 g/mol. The van der Waals surface area contributed by atoms with Gasteiger partial charge in [0.05, 0.1) is 17.1 Å². The van der Waals surface area contributed by atoms with E-state index in [2.05, 4.69) is 0 Å². The van der Waals surface area contributed by atoms with E-state index in [0.717, 1.165) is 27.8 Å². The average molecular weight is 380 g/mol. The second-order valence-corrected chi connectivity index (χ2v) is 8.96. The van der Waals surface area contributed by atoms with Crippen LogP contribution in [0.2, 0.25) is 0 Å². The number of hydrogen-bond donors (Lipinski definition) is 0. The normalized spacial score (nSPS) is 11.4. The molecule has 0 N–H and O–H groups in total. The lowest BCUT2D eigenvalue weighted by molar-refractivity contribution is 0.590. The van der Waals surface area contributed by atoms with Crippen molar-refractivity contribution in [2.45, 2.75) is 39.1 Å². The molecule has 0 heterocycles. The van der Waals surface area contributed by atoms with Crippen molar-refractivity contribution < 1.29 is 8.42 Å². The van der Waals surface area contributed by atoms with E-state index in [-0.39, 0.29) is 0 Å². The van der Waals surface area contributed by atoms with Crippen molar-refractivity contribution in [3.8, 4) is 0 Å². The van der Waals surface area contributed by atoms with Crippen LogP contribution in [-0.4, -0.2) is 8.42 Å². The van der Waals surface area contributed by atoms with Gasteiger partial charge >= 0.3 is 0 Å². The van der Waals surface area contributed by atoms with E-state index in [9.17, 15) is 8.42 Å². The Morgan fingerprint density at radius 2 is 1.22 bits per heavy atom. The Morgan fingerprint density at radius 1 is 0.704 bits per heavy atom. The van der Waals surface area contributed by atoms with Crippen molar-refractivity contribution in [2.75, 3.05) is 4.31 Å². The van der Waals surface area contributed by atoms with Gasteiger partial charge in [0, 0.05) is 0 Å².